The first-order valence-corrected chi connectivity index (χ1v) is 7.79. The molecule has 19 heavy (non-hydrogen) atoms. The first-order chi connectivity index (χ1) is 9.38. The van der Waals surface area contributed by atoms with Crippen molar-refractivity contribution in [1.82, 2.24) is 5.32 Å². The van der Waals surface area contributed by atoms with Crippen molar-refractivity contribution in [2.24, 2.45) is 0 Å². The van der Waals surface area contributed by atoms with Crippen LogP contribution in [0.25, 0.3) is 0 Å². The molecule has 1 aliphatic heterocycles. The van der Waals surface area contributed by atoms with Crippen molar-refractivity contribution in [3.63, 3.8) is 0 Å². The summed E-state index contributed by atoms with van der Waals surface area (Å²) in [5.74, 6) is 1.80. The first-order valence-electron chi connectivity index (χ1n) is 7.79. The van der Waals surface area contributed by atoms with E-state index >= 15 is 0 Å². The second kappa shape index (κ2) is 5.96. The minimum Gasteiger partial charge on any atom is -0.496 e. The van der Waals surface area contributed by atoms with Gasteiger partial charge in [-0.1, -0.05) is 31.4 Å². The summed E-state index contributed by atoms with van der Waals surface area (Å²) in [6.45, 7) is 1.16. The fourth-order valence-electron chi connectivity index (χ4n) is 3.67. The number of benzene rings is 1. The SMILES string of the molecule is COc1ccc(C2CCCN2)cc1C1CCCCC1. The molecule has 1 aliphatic carbocycles. The van der Waals surface area contributed by atoms with Crippen LogP contribution in [-0.4, -0.2) is 13.7 Å². The predicted molar refractivity (Wildman–Crippen MR) is 78.8 cm³/mol. The van der Waals surface area contributed by atoms with E-state index < -0.39 is 0 Å². The number of nitrogens with one attached hydrogen (secondary N) is 1. The highest BCUT2D eigenvalue weighted by Crippen LogP contribution is 2.39. The van der Waals surface area contributed by atoms with Gasteiger partial charge in [0.15, 0.2) is 0 Å². The Hall–Kier alpha value is -1.02. The van der Waals surface area contributed by atoms with Gasteiger partial charge in [0, 0.05) is 6.04 Å². The van der Waals surface area contributed by atoms with Crippen LogP contribution in [0.5, 0.6) is 5.75 Å². The maximum absolute atomic E-state index is 5.60. The highest BCUT2D eigenvalue weighted by atomic mass is 16.5. The molecule has 1 unspecified atom stereocenters. The Morgan fingerprint density at radius 1 is 1.05 bits per heavy atom. The van der Waals surface area contributed by atoms with E-state index in [-0.39, 0.29) is 0 Å². The van der Waals surface area contributed by atoms with Crippen LogP contribution < -0.4 is 10.1 Å². The molecular weight excluding hydrogens is 234 g/mol. The zero-order chi connectivity index (χ0) is 13.1. The molecule has 0 aromatic heterocycles. The molecule has 0 amide bonds. The average Bonchev–Trinajstić information content (AvgIpc) is 3.02. The largest absolute Gasteiger partial charge is 0.496 e. The van der Waals surface area contributed by atoms with Gasteiger partial charge >= 0.3 is 0 Å². The van der Waals surface area contributed by atoms with Gasteiger partial charge in [0.05, 0.1) is 7.11 Å². The van der Waals surface area contributed by atoms with Crippen LogP contribution in [0.3, 0.4) is 0 Å². The highest BCUT2D eigenvalue weighted by molar-refractivity contribution is 5.41. The Labute approximate surface area is 116 Å². The normalized spacial score (nSPS) is 24.6. The molecule has 1 N–H and O–H groups in total. The monoisotopic (exact) mass is 259 g/mol. The molecule has 3 rings (SSSR count). The summed E-state index contributed by atoms with van der Waals surface area (Å²) in [5.41, 5.74) is 2.91. The topological polar surface area (TPSA) is 21.3 Å². The zero-order valence-electron chi connectivity index (χ0n) is 12.0. The van der Waals surface area contributed by atoms with Crippen LogP contribution in [-0.2, 0) is 0 Å². The minimum absolute atomic E-state index is 0.563. The maximum atomic E-state index is 5.60. The number of hydrogen-bond donors (Lipinski definition) is 1. The average molecular weight is 259 g/mol. The van der Waals surface area contributed by atoms with E-state index in [1.54, 1.807) is 7.11 Å². The summed E-state index contributed by atoms with van der Waals surface area (Å²) in [6, 6.07) is 7.40. The van der Waals surface area contributed by atoms with Crippen molar-refractivity contribution in [2.45, 2.75) is 56.9 Å². The fourth-order valence-corrected chi connectivity index (χ4v) is 3.67. The molecular formula is C17H25NO. The highest BCUT2D eigenvalue weighted by Gasteiger charge is 2.22. The summed E-state index contributed by atoms with van der Waals surface area (Å²) in [7, 11) is 1.80. The second-order valence-electron chi connectivity index (χ2n) is 5.99. The standard InChI is InChI=1S/C17H25NO/c1-19-17-10-9-14(16-8-5-11-18-16)12-15(17)13-6-3-2-4-7-13/h9-10,12-13,16,18H,2-8,11H2,1H3. The molecule has 2 aliphatic rings. The molecule has 1 saturated carbocycles. The summed E-state index contributed by atoms with van der Waals surface area (Å²) >= 11 is 0. The lowest BCUT2D eigenvalue weighted by Crippen LogP contribution is -2.14. The molecule has 0 spiro atoms. The van der Waals surface area contributed by atoms with Gasteiger partial charge in [-0.2, -0.15) is 0 Å². The predicted octanol–water partition coefficient (Wildman–Crippen LogP) is 4.17. The van der Waals surface area contributed by atoms with E-state index in [1.165, 1.54) is 56.1 Å². The lowest BCUT2D eigenvalue weighted by Gasteiger charge is -2.25. The molecule has 2 heteroatoms. The van der Waals surface area contributed by atoms with E-state index in [0.29, 0.717) is 12.0 Å². The van der Waals surface area contributed by atoms with Crippen molar-refractivity contribution in [3.05, 3.63) is 29.3 Å². The van der Waals surface area contributed by atoms with Crippen LogP contribution >= 0.6 is 0 Å². The number of rotatable bonds is 3. The molecule has 1 heterocycles. The van der Waals surface area contributed by atoms with Gasteiger partial charge in [-0.25, -0.2) is 0 Å². The van der Waals surface area contributed by atoms with Crippen LogP contribution in [0.15, 0.2) is 18.2 Å². The van der Waals surface area contributed by atoms with Gasteiger partial charge in [-0.05, 0) is 55.3 Å². The summed E-state index contributed by atoms with van der Waals surface area (Å²) in [5, 5.41) is 3.60. The molecule has 1 atom stereocenters. The van der Waals surface area contributed by atoms with E-state index in [4.69, 9.17) is 4.74 Å². The molecule has 1 aromatic carbocycles. The summed E-state index contributed by atoms with van der Waals surface area (Å²) in [4.78, 5) is 0. The van der Waals surface area contributed by atoms with Gasteiger partial charge in [0.2, 0.25) is 0 Å². The van der Waals surface area contributed by atoms with Crippen LogP contribution in [0.2, 0.25) is 0 Å². The molecule has 2 nitrogen and oxygen atoms in total. The zero-order valence-corrected chi connectivity index (χ0v) is 12.0. The Kier molecular flexibility index (Phi) is 4.07. The maximum Gasteiger partial charge on any atom is 0.122 e. The third-order valence-electron chi connectivity index (χ3n) is 4.76. The smallest absolute Gasteiger partial charge is 0.122 e. The first kappa shape index (κ1) is 13.0. The summed E-state index contributed by atoms with van der Waals surface area (Å²) < 4.78 is 5.60. The Balaban J connectivity index is 1.87. The van der Waals surface area contributed by atoms with Crippen molar-refractivity contribution in [3.8, 4) is 5.75 Å². The van der Waals surface area contributed by atoms with E-state index in [2.05, 4.69) is 23.5 Å². The van der Waals surface area contributed by atoms with Crippen molar-refractivity contribution >= 4 is 0 Å². The minimum atomic E-state index is 0.563. The Morgan fingerprint density at radius 3 is 2.58 bits per heavy atom. The summed E-state index contributed by atoms with van der Waals surface area (Å²) in [6.07, 6.45) is 9.39. The van der Waals surface area contributed by atoms with E-state index in [9.17, 15) is 0 Å². The van der Waals surface area contributed by atoms with Crippen molar-refractivity contribution in [1.29, 1.82) is 0 Å². The number of hydrogen-bond acceptors (Lipinski definition) is 2. The molecule has 1 aromatic rings. The van der Waals surface area contributed by atoms with Crippen molar-refractivity contribution < 1.29 is 4.74 Å². The third kappa shape index (κ3) is 2.79. The lowest BCUT2D eigenvalue weighted by molar-refractivity contribution is 0.386. The van der Waals surface area contributed by atoms with Crippen molar-refractivity contribution in [2.75, 3.05) is 13.7 Å². The molecule has 104 valence electrons. The Morgan fingerprint density at radius 2 is 1.89 bits per heavy atom. The van der Waals surface area contributed by atoms with Gasteiger partial charge in [0.25, 0.3) is 0 Å². The van der Waals surface area contributed by atoms with Gasteiger partial charge in [-0.15, -0.1) is 0 Å². The van der Waals surface area contributed by atoms with Gasteiger partial charge < -0.3 is 10.1 Å². The van der Waals surface area contributed by atoms with Crippen LogP contribution in [0.1, 0.15) is 68.0 Å². The Bertz CT molecular complexity index is 417. The van der Waals surface area contributed by atoms with Crippen LogP contribution in [0.4, 0.5) is 0 Å². The fraction of sp³-hybridized carbons (Fsp3) is 0.647. The van der Waals surface area contributed by atoms with Crippen LogP contribution in [0, 0.1) is 0 Å². The molecule has 0 bridgehead atoms. The van der Waals surface area contributed by atoms with Gasteiger partial charge in [0.1, 0.15) is 5.75 Å². The van der Waals surface area contributed by atoms with E-state index in [1.807, 2.05) is 0 Å². The van der Waals surface area contributed by atoms with Gasteiger partial charge in [-0.3, -0.25) is 0 Å². The number of methoxy groups -OCH3 is 1. The third-order valence-corrected chi connectivity index (χ3v) is 4.76. The number of ether oxygens (including phenoxy) is 1. The molecule has 1 saturated heterocycles. The quantitative estimate of drug-likeness (QED) is 0.879. The molecule has 2 fully saturated rings. The van der Waals surface area contributed by atoms with E-state index in [0.717, 1.165) is 12.3 Å². The second-order valence-corrected chi connectivity index (χ2v) is 5.99. The molecule has 0 radical (unpaired) electrons. The lowest BCUT2D eigenvalue weighted by atomic mass is 9.82.